The molecule has 30 heavy (non-hydrogen) atoms. The normalized spacial score (nSPS) is 17.4. The van der Waals surface area contributed by atoms with Gasteiger partial charge >= 0.3 is 0 Å². The maximum absolute atomic E-state index is 6.00. The Morgan fingerprint density at radius 2 is 2.13 bits per heavy atom. The first-order chi connectivity index (χ1) is 14.6. The summed E-state index contributed by atoms with van der Waals surface area (Å²) in [6.45, 7) is 8.97. The Labute approximate surface area is 181 Å². The summed E-state index contributed by atoms with van der Waals surface area (Å²) < 4.78 is 13.8. The van der Waals surface area contributed by atoms with Gasteiger partial charge in [0.2, 0.25) is 0 Å². The van der Waals surface area contributed by atoms with E-state index in [9.17, 15) is 0 Å². The van der Waals surface area contributed by atoms with Crippen molar-refractivity contribution in [3.05, 3.63) is 64.2 Å². The van der Waals surface area contributed by atoms with E-state index in [0.29, 0.717) is 18.2 Å². The van der Waals surface area contributed by atoms with Crippen molar-refractivity contribution in [2.45, 2.75) is 39.5 Å². The van der Waals surface area contributed by atoms with Gasteiger partial charge in [-0.3, -0.25) is 14.7 Å². The van der Waals surface area contributed by atoms with Crippen molar-refractivity contribution in [3.63, 3.8) is 0 Å². The molecule has 1 saturated heterocycles. The van der Waals surface area contributed by atoms with Crippen molar-refractivity contribution >= 4 is 11.6 Å². The number of benzene rings is 1. The van der Waals surface area contributed by atoms with Crippen molar-refractivity contribution in [2.24, 2.45) is 0 Å². The number of halogens is 1. The molecule has 4 rings (SSSR count). The maximum Gasteiger partial charge on any atom is 0.119 e. The number of hydrogen-bond donors (Lipinski definition) is 1. The van der Waals surface area contributed by atoms with Crippen LogP contribution in [0.25, 0.3) is 0 Å². The Hall–Kier alpha value is -2.35. The van der Waals surface area contributed by atoms with Gasteiger partial charge < -0.3 is 9.47 Å². The molecule has 1 fully saturated rings. The lowest BCUT2D eigenvalue weighted by Gasteiger charge is -2.31. The number of morpholine rings is 1. The minimum absolute atomic E-state index is 0.0255. The zero-order valence-electron chi connectivity index (χ0n) is 17.5. The zero-order valence-corrected chi connectivity index (χ0v) is 18.2. The fraction of sp³-hybridized carbons (Fsp3) is 0.455. The molecule has 1 atom stereocenters. The summed E-state index contributed by atoms with van der Waals surface area (Å²) in [5.41, 5.74) is 4.36. The van der Waals surface area contributed by atoms with E-state index in [1.54, 1.807) is 0 Å². The Morgan fingerprint density at radius 3 is 2.90 bits per heavy atom. The van der Waals surface area contributed by atoms with Crippen LogP contribution in [0.5, 0.6) is 5.75 Å². The predicted octanol–water partition coefficient (Wildman–Crippen LogP) is 3.78. The molecule has 0 radical (unpaired) electrons. The fourth-order valence-electron chi connectivity index (χ4n) is 3.62. The monoisotopic (exact) mass is 429 g/mol. The summed E-state index contributed by atoms with van der Waals surface area (Å²) in [5, 5.41) is 12.9. The van der Waals surface area contributed by atoms with Gasteiger partial charge in [-0.05, 0) is 44.2 Å². The van der Waals surface area contributed by atoms with Gasteiger partial charge in [0.05, 0.1) is 24.6 Å². The highest BCUT2D eigenvalue weighted by Crippen LogP contribution is 2.23. The number of aryl methyl sites for hydroxylation is 2. The smallest absolute Gasteiger partial charge is 0.119 e. The first-order valence-corrected chi connectivity index (χ1v) is 10.8. The topological polar surface area (TPSA) is 68.2 Å². The Bertz CT molecular complexity index is 953. The Balaban J connectivity index is 1.30. The predicted molar refractivity (Wildman–Crippen MR) is 116 cm³/mol. The molecule has 7 nitrogen and oxygen atoms in total. The Kier molecular flexibility index (Phi) is 6.72. The highest BCUT2D eigenvalue weighted by molar-refractivity contribution is 6.30. The number of nitrogens with zero attached hydrogens (tertiary/aromatic N) is 4. The summed E-state index contributed by atoms with van der Waals surface area (Å²) in [4.78, 5) is 2.41. The van der Waals surface area contributed by atoms with Gasteiger partial charge in [0, 0.05) is 55.1 Å². The van der Waals surface area contributed by atoms with Crippen molar-refractivity contribution in [1.82, 2.24) is 24.9 Å². The van der Waals surface area contributed by atoms with Gasteiger partial charge in [-0.25, -0.2) is 0 Å². The standard InChI is InChI=1S/C22H28ClN5O2/c1-3-28-14-17(16(2)26-28)13-27-9-11-30-22(15-27)21-12-19(24-25-21)8-10-29-20-6-4-18(23)5-7-20/h4-7,12,14,22H,3,8-11,13,15H2,1-2H3,(H,24,25)/t22-/m0/s1. The molecule has 1 aromatic carbocycles. The third kappa shape index (κ3) is 5.22. The third-order valence-corrected chi connectivity index (χ3v) is 5.60. The van der Waals surface area contributed by atoms with Crippen LogP contribution in [-0.2, 0) is 24.2 Å². The van der Waals surface area contributed by atoms with Crippen molar-refractivity contribution in [3.8, 4) is 5.75 Å². The van der Waals surface area contributed by atoms with Crippen LogP contribution < -0.4 is 4.74 Å². The van der Waals surface area contributed by atoms with Gasteiger partial charge in [-0.1, -0.05) is 11.6 Å². The van der Waals surface area contributed by atoms with Crippen LogP contribution in [0.1, 0.15) is 35.7 Å². The van der Waals surface area contributed by atoms with Crippen LogP contribution in [0.3, 0.4) is 0 Å². The van der Waals surface area contributed by atoms with Crippen LogP contribution in [0.2, 0.25) is 5.02 Å². The zero-order chi connectivity index (χ0) is 20.9. The van der Waals surface area contributed by atoms with E-state index < -0.39 is 0 Å². The van der Waals surface area contributed by atoms with E-state index in [1.807, 2.05) is 28.9 Å². The lowest BCUT2D eigenvalue weighted by atomic mass is 10.1. The number of aromatic nitrogens is 4. The maximum atomic E-state index is 6.00. The molecule has 1 aliphatic rings. The van der Waals surface area contributed by atoms with Crippen LogP contribution in [0.15, 0.2) is 36.5 Å². The van der Waals surface area contributed by atoms with Crippen molar-refractivity contribution < 1.29 is 9.47 Å². The van der Waals surface area contributed by atoms with E-state index >= 15 is 0 Å². The third-order valence-electron chi connectivity index (χ3n) is 5.35. The highest BCUT2D eigenvalue weighted by atomic mass is 35.5. The summed E-state index contributed by atoms with van der Waals surface area (Å²) in [7, 11) is 0. The number of aromatic amines is 1. The van der Waals surface area contributed by atoms with E-state index in [1.165, 1.54) is 5.56 Å². The van der Waals surface area contributed by atoms with Crippen LogP contribution in [-0.4, -0.2) is 51.2 Å². The lowest BCUT2D eigenvalue weighted by Crippen LogP contribution is -2.38. The average molecular weight is 430 g/mol. The molecule has 160 valence electrons. The number of H-pyrrole nitrogens is 1. The van der Waals surface area contributed by atoms with E-state index in [2.05, 4.69) is 46.3 Å². The molecule has 0 aliphatic carbocycles. The highest BCUT2D eigenvalue weighted by Gasteiger charge is 2.25. The molecule has 0 spiro atoms. The number of hydrogen-bond acceptors (Lipinski definition) is 5. The number of ether oxygens (including phenoxy) is 2. The van der Waals surface area contributed by atoms with Crippen molar-refractivity contribution in [2.75, 3.05) is 26.3 Å². The fourth-order valence-corrected chi connectivity index (χ4v) is 3.75. The number of rotatable bonds is 8. The van der Waals surface area contributed by atoms with Gasteiger partial charge in [0.25, 0.3) is 0 Å². The molecule has 0 amide bonds. The van der Waals surface area contributed by atoms with Crippen LogP contribution in [0.4, 0.5) is 0 Å². The van der Waals surface area contributed by atoms with Crippen molar-refractivity contribution in [1.29, 1.82) is 0 Å². The summed E-state index contributed by atoms with van der Waals surface area (Å²) in [6.07, 6.45) is 2.87. The SMILES string of the molecule is CCn1cc(CN2CCO[C@H](c3cc(CCOc4ccc(Cl)cc4)[nH]n3)C2)c(C)n1. The molecule has 3 aromatic rings. The summed E-state index contributed by atoms with van der Waals surface area (Å²) >= 11 is 5.90. The largest absolute Gasteiger partial charge is 0.493 e. The number of nitrogens with one attached hydrogen (secondary N) is 1. The molecule has 0 unspecified atom stereocenters. The summed E-state index contributed by atoms with van der Waals surface area (Å²) in [5.74, 6) is 0.812. The lowest BCUT2D eigenvalue weighted by molar-refractivity contribution is -0.0350. The first-order valence-electron chi connectivity index (χ1n) is 10.4. The quantitative estimate of drug-likeness (QED) is 0.590. The van der Waals surface area contributed by atoms with Gasteiger partial charge in [-0.2, -0.15) is 10.2 Å². The molecule has 1 aliphatic heterocycles. The van der Waals surface area contributed by atoms with Gasteiger partial charge in [-0.15, -0.1) is 0 Å². The van der Waals surface area contributed by atoms with Crippen LogP contribution in [0, 0.1) is 6.92 Å². The van der Waals surface area contributed by atoms with Gasteiger partial charge in [0.15, 0.2) is 0 Å². The second-order valence-corrected chi connectivity index (χ2v) is 8.00. The van der Waals surface area contributed by atoms with Gasteiger partial charge in [0.1, 0.15) is 11.9 Å². The summed E-state index contributed by atoms with van der Waals surface area (Å²) in [6, 6.07) is 9.48. The van der Waals surface area contributed by atoms with E-state index in [-0.39, 0.29) is 6.10 Å². The molecule has 1 N–H and O–H groups in total. The first kappa shape index (κ1) is 20.9. The van der Waals surface area contributed by atoms with E-state index in [4.69, 9.17) is 21.1 Å². The second-order valence-electron chi connectivity index (χ2n) is 7.56. The molecule has 8 heteroatoms. The Morgan fingerprint density at radius 1 is 1.30 bits per heavy atom. The molecule has 2 aromatic heterocycles. The second kappa shape index (κ2) is 9.64. The van der Waals surface area contributed by atoms with E-state index in [0.717, 1.165) is 55.4 Å². The molecule has 0 bridgehead atoms. The minimum atomic E-state index is -0.0255. The molecule has 0 saturated carbocycles. The average Bonchev–Trinajstić information content (AvgIpc) is 3.37. The molecular weight excluding hydrogens is 402 g/mol. The van der Waals surface area contributed by atoms with Crippen LogP contribution >= 0.6 is 11.6 Å². The molecular formula is C22H28ClN5O2. The molecule has 3 heterocycles. The minimum Gasteiger partial charge on any atom is -0.493 e.